The smallest absolute Gasteiger partial charge is 0.309 e. The van der Waals surface area contributed by atoms with E-state index in [0.717, 1.165) is 30.5 Å². The normalized spacial score (nSPS) is 14.2. The molecule has 0 aromatic heterocycles. The third-order valence-corrected chi connectivity index (χ3v) is 5.49. The van der Waals surface area contributed by atoms with Crippen molar-refractivity contribution in [1.29, 1.82) is 0 Å². The molecule has 0 saturated carbocycles. The van der Waals surface area contributed by atoms with E-state index in [1.54, 1.807) is 12.1 Å². The first-order valence-electron chi connectivity index (χ1n) is 10.2. The number of fused-ring (bicyclic) bond motifs is 1. The molecule has 0 saturated heterocycles. The molecule has 0 aliphatic carbocycles. The highest BCUT2D eigenvalue weighted by Gasteiger charge is 2.21. The number of nitrogens with one attached hydrogen (secondary N) is 2. The van der Waals surface area contributed by atoms with Crippen molar-refractivity contribution in [3.8, 4) is 0 Å². The van der Waals surface area contributed by atoms with Crippen molar-refractivity contribution in [2.24, 2.45) is 0 Å². The molecule has 2 aromatic rings. The minimum atomic E-state index is -0.705. The predicted molar refractivity (Wildman–Crippen MR) is 116 cm³/mol. The van der Waals surface area contributed by atoms with Crippen LogP contribution in [0.5, 0.6) is 0 Å². The minimum Gasteiger partial charge on any atom is -0.374 e. The van der Waals surface area contributed by atoms with Gasteiger partial charge in [0.1, 0.15) is 5.82 Å². The molecule has 2 aromatic carbocycles. The number of aryl methyl sites for hydroxylation is 1. The first-order valence-corrected chi connectivity index (χ1v) is 10.2. The van der Waals surface area contributed by atoms with Crippen molar-refractivity contribution in [1.82, 2.24) is 15.5 Å². The minimum absolute atomic E-state index is 0.0450. The number of rotatable bonds is 6. The SMILES string of the molecule is CN1CCCc2cc(C(CNC(=O)C(=O)NCc3ccc(F)cc3)N(C)C)ccc21. The third kappa shape index (κ3) is 5.36. The molecule has 6 nitrogen and oxygen atoms in total. The van der Waals surface area contributed by atoms with E-state index in [-0.39, 0.29) is 18.4 Å². The molecule has 1 heterocycles. The number of nitrogens with zero attached hydrogens (tertiary/aromatic N) is 2. The van der Waals surface area contributed by atoms with Gasteiger partial charge in [-0.05, 0) is 61.8 Å². The average Bonchev–Trinajstić information content (AvgIpc) is 2.73. The van der Waals surface area contributed by atoms with Crippen molar-refractivity contribution in [2.45, 2.75) is 25.4 Å². The second kappa shape index (κ2) is 9.71. The number of hydrogen-bond donors (Lipinski definition) is 2. The summed E-state index contributed by atoms with van der Waals surface area (Å²) >= 11 is 0. The fourth-order valence-electron chi connectivity index (χ4n) is 3.75. The number of benzene rings is 2. The van der Waals surface area contributed by atoms with Gasteiger partial charge < -0.3 is 20.4 Å². The van der Waals surface area contributed by atoms with E-state index >= 15 is 0 Å². The fraction of sp³-hybridized carbons (Fsp3) is 0.391. The van der Waals surface area contributed by atoms with Crippen LogP contribution in [-0.4, -0.2) is 50.9 Å². The summed E-state index contributed by atoms with van der Waals surface area (Å²) in [5.41, 5.74) is 4.41. The third-order valence-electron chi connectivity index (χ3n) is 5.49. The number of amides is 2. The standard InChI is InChI=1S/C23H29FN4O2/c1-27(2)21(18-8-11-20-17(13-18)5-4-12-28(20)3)15-26-23(30)22(29)25-14-16-6-9-19(24)10-7-16/h6-11,13,21H,4-5,12,14-15H2,1-3H3,(H,25,29)(H,26,30). The van der Waals surface area contributed by atoms with E-state index < -0.39 is 11.8 Å². The van der Waals surface area contributed by atoms with Crippen LogP contribution in [0, 0.1) is 5.82 Å². The Balaban J connectivity index is 1.58. The molecule has 0 fully saturated rings. The number of hydrogen-bond acceptors (Lipinski definition) is 4. The second-order valence-corrected chi connectivity index (χ2v) is 7.91. The molecular formula is C23H29FN4O2. The summed E-state index contributed by atoms with van der Waals surface area (Å²) in [4.78, 5) is 28.7. The van der Waals surface area contributed by atoms with Crippen LogP contribution in [0.2, 0.25) is 0 Å². The summed E-state index contributed by atoms with van der Waals surface area (Å²) in [7, 11) is 6.01. The molecule has 0 bridgehead atoms. The van der Waals surface area contributed by atoms with Crippen LogP contribution >= 0.6 is 0 Å². The van der Waals surface area contributed by atoms with Crippen molar-refractivity contribution in [3.63, 3.8) is 0 Å². The van der Waals surface area contributed by atoms with Gasteiger partial charge in [0.2, 0.25) is 0 Å². The largest absolute Gasteiger partial charge is 0.374 e. The van der Waals surface area contributed by atoms with Crippen LogP contribution < -0.4 is 15.5 Å². The maximum Gasteiger partial charge on any atom is 0.309 e. The van der Waals surface area contributed by atoms with Gasteiger partial charge in [-0.3, -0.25) is 9.59 Å². The van der Waals surface area contributed by atoms with Crippen LogP contribution in [0.3, 0.4) is 0 Å². The van der Waals surface area contributed by atoms with Crippen LogP contribution in [0.1, 0.15) is 29.2 Å². The molecule has 30 heavy (non-hydrogen) atoms. The maximum atomic E-state index is 12.9. The van der Waals surface area contributed by atoms with Gasteiger partial charge in [-0.15, -0.1) is 0 Å². The van der Waals surface area contributed by atoms with Gasteiger partial charge in [0.05, 0.1) is 6.04 Å². The fourth-order valence-corrected chi connectivity index (χ4v) is 3.75. The molecule has 7 heteroatoms. The molecule has 1 atom stereocenters. The monoisotopic (exact) mass is 412 g/mol. The molecular weight excluding hydrogens is 383 g/mol. The Kier molecular flexibility index (Phi) is 7.05. The number of anilines is 1. The van der Waals surface area contributed by atoms with Gasteiger partial charge >= 0.3 is 11.8 Å². The highest BCUT2D eigenvalue weighted by Crippen LogP contribution is 2.29. The van der Waals surface area contributed by atoms with Crippen molar-refractivity contribution < 1.29 is 14.0 Å². The lowest BCUT2D eigenvalue weighted by molar-refractivity contribution is -0.139. The number of carbonyl (C=O) groups is 2. The molecule has 0 spiro atoms. The van der Waals surface area contributed by atoms with E-state index in [0.29, 0.717) is 6.54 Å². The van der Waals surface area contributed by atoms with Gasteiger partial charge in [0.15, 0.2) is 0 Å². The Bertz CT molecular complexity index is 899. The lowest BCUT2D eigenvalue weighted by Gasteiger charge is -2.30. The Morgan fingerprint density at radius 3 is 2.50 bits per heavy atom. The van der Waals surface area contributed by atoms with E-state index in [2.05, 4.69) is 40.8 Å². The molecule has 1 unspecified atom stereocenters. The van der Waals surface area contributed by atoms with E-state index in [9.17, 15) is 14.0 Å². The van der Waals surface area contributed by atoms with Crippen LogP contribution in [-0.2, 0) is 22.6 Å². The van der Waals surface area contributed by atoms with Crippen LogP contribution in [0.4, 0.5) is 10.1 Å². The summed E-state index contributed by atoms with van der Waals surface area (Å²) in [5.74, 6) is -1.73. The van der Waals surface area contributed by atoms with Crippen molar-refractivity contribution in [2.75, 3.05) is 39.1 Å². The maximum absolute atomic E-state index is 12.9. The highest BCUT2D eigenvalue weighted by atomic mass is 19.1. The predicted octanol–water partition coefficient (Wildman–Crippen LogP) is 2.24. The zero-order chi connectivity index (χ0) is 21.7. The summed E-state index contributed by atoms with van der Waals surface area (Å²) in [6.07, 6.45) is 2.18. The number of halogens is 1. The number of carbonyl (C=O) groups excluding carboxylic acids is 2. The molecule has 1 aliphatic heterocycles. The summed E-state index contributed by atoms with van der Waals surface area (Å²) in [6, 6.07) is 12.2. The zero-order valence-electron chi connectivity index (χ0n) is 17.7. The Morgan fingerprint density at radius 2 is 1.80 bits per heavy atom. The Morgan fingerprint density at radius 1 is 1.10 bits per heavy atom. The molecule has 2 N–H and O–H groups in total. The van der Waals surface area contributed by atoms with Crippen molar-refractivity contribution in [3.05, 3.63) is 65.0 Å². The molecule has 2 amide bonds. The summed E-state index contributed by atoms with van der Waals surface area (Å²) in [5, 5.41) is 5.30. The first-order chi connectivity index (χ1) is 14.3. The highest BCUT2D eigenvalue weighted by molar-refractivity contribution is 6.35. The van der Waals surface area contributed by atoms with Gasteiger partial charge in [0, 0.05) is 32.4 Å². The molecule has 0 radical (unpaired) electrons. The van der Waals surface area contributed by atoms with E-state index in [1.807, 2.05) is 19.0 Å². The van der Waals surface area contributed by atoms with Crippen LogP contribution in [0.15, 0.2) is 42.5 Å². The van der Waals surface area contributed by atoms with E-state index in [4.69, 9.17) is 0 Å². The molecule has 3 rings (SSSR count). The van der Waals surface area contributed by atoms with Crippen LogP contribution in [0.25, 0.3) is 0 Å². The number of likely N-dealkylation sites (N-methyl/N-ethyl adjacent to an activating group) is 1. The Labute approximate surface area is 177 Å². The quantitative estimate of drug-likeness (QED) is 0.715. The lowest BCUT2D eigenvalue weighted by atomic mass is 9.96. The van der Waals surface area contributed by atoms with Gasteiger partial charge in [-0.1, -0.05) is 24.3 Å². The molecule has 1 aliphatic rings. The zero-order valence-corrected chi connectivity index (χ0v) is 17.7. The lowest BCUT2D eigenvalue weighted by Crippen LogP contribution is -2.43. The Hall–Kier alpha value is -2.93. The van der Waals surface area contributed by atoms with E-state index in [1.165, 1.54) is 23.4 Å². The average molecular weight is 413 g/mol. The van der Waals surface area contributed by atoms with Gasteiger partial charge in [-0.2, -0.15) is 0 Å². The first kappa shape index (κ1) is 21.8. The van der Waals surface area contributed by atoms with Gasteiger partial charge in [0.25, 0.3) is 0 Å². The topological polar surface area (TPSA) is 64.7 Å². The molecule has 160 valence electrons. The van der Waals surface area contributed by atoms with Gasteiger partial charge in [-0.25, -0.2) is 4.39 Å². The van der Waals surface area contributed by atoms with Crippen molar-refractivity contribution >= 4 is 17.5 Å². The second-order valence-electron chi connectivity index (χ2n) is 7.91. The summed E-state index contributed by atoms with van der Waals surface area (Å²) in [6.45, 7) is 1.55. The summed E-state index contributed by atoms with van der Waals surface area (Å²) < 4.78 is 12.9.